The van der Waals surface area contributed by atoms with Crippen LogP contribution in [-0.4, -0.2) is 26.5 Å². The van der Waals surface area contributed by atoms with Crippen LogP contribution in [0, 0.1) is 0 Å². The highest BCUT2D eigenvalue weighted by Crippen LogP contribution is 2.35. The van der Waals surface area contributed by atoms with Crippen LogP contribution in [0.5, 0.6) is 0 Å². The van der Waals surface area contributed by atoms with Crippen molar-refractivity contribution in [2.24, 2.45) is 7.05 Å². The second-order valence-corrected chi connectivity index (χ2v) is 6.77. The lowest BCUT2D eigenvalue weighted by Crippen LogP contribution is -2.38. The molecule has 3 heteroatoms. The van der Waals surface area contributed by atoms with Crippen LogP contribution in [0.25, 0.3) is 11.0 Å². The molecular weight excluding hydrogens is 258 g/mol. The number of fused-ring (bicyclic) bond motifs is 1. The quantitative estimate of drug-likeness (QED) is 0.849. The van der Waals surface area contributed by atoms with E-state index in [1.54, 1.807) is 0 Å². The predicted molar refractivity (Wildman–Crippen MR) is 86.2 cm³/mol. The number of nitrogens with zero attached hydrogens (tertiary/aromatic N) is 3. The Hall–Kier alpha value is -1.35. The first kappa shape index (κ1) is 13.3. The molecule has 1 aromatic carbocycles. The fourth-order valence-corrected chi connectivity index (χ4v) is 3.88. The van der Waals surface area contributed by atoms with Gasteiger partial charge in [0, 0.05) is 19.1 Å². The molecule has 0 amide bonds. The van der Waals surface area contributed by atoms with E-state index in [2.05, 4.69) is 40.8 Å². The summed E-state index contributed by atoms with van der Waals surface area (Å²) in [5, 5.41) is 0. The Bertz CT molecular complexity index is 620. The van der Waals surface area contributed by atoms with Gasteiger partial charge in [-0.3, -0.25) is 4.90 Å². The van der Waals surface area contributed by atoms with Gasteiger partial charge in [-0.25, -0.2) is 4.98 Å². The van der Waals surface area contributed by atoms with Crippen LogP contribution < -0.4 is 0 Å². The molecule has 21 heavy (non-hydrogen) atoms. The average Bonchev–Trinajstić information content (AvgIpc) is 3.32. The molecule has 0 saturated heterocycles. The van der Waals surface area contributed by atoms with Crippen LogP contribution in [0.2, 0.25) is 0 Å². The Balaban J connectivity index is 1.60. The minimum atomic E-state index is 0.797. The number of benzene rings is 1. The van der Waals surface area contributed by atoms with E-state index in [-0.39, 0.29) is 0 Å². The summed E-state index contributed by atoms with van der Waals surface area (Å²) in [6, 6.07) is 10.1. The summed E-state index contributed by atoms with van der Waals surface area (Å²) in [4.78, 5) is 7.64. The van der Waals surface area contributed by atoms with E-state index >= 15 is 0 Å². The Morgan fingerprint density at radius 1 is 1.05 bits per heavy atom. The number of aromatic nitrogens is 2. The highest BCUT2D eigenvalue weighted by molar-refractivity contribution is 5.75. The molecule has 3 nitrogen and oxygen atoms in total. The summed E-state index contributed by atoms with van der Waals surface area (Å²) in [6.07, 6.45) is 9.82. The second kappa shape index (κ2) is 5.45. The maximum atomic E-state index is 4.88. The zero-order chi connectivity index (χ0) is 14.2. The molecule has 1 aromatic heterocycles. The SMILES string of the molecule is Cn1c(CN(C2CCCCC2)C2CC2)nc2ccccc21. The Morgan fingerprint density at radius 3 is 2.48 bits per heavy atom. The van der Waals surface area contributed by atoms with Gasteiger partial charge in [-0.2, -0.15) is 0 Å². The smallest absolute Gasteiger partial charge is 0.123 e. The van der Waals surface area contributed by atoms with E-state index in [9.17, 15) is 0 Å². The standard InChI is InChI=1S/C18H25N3/c1-20-17-10-6-5-9-16(17)19-18(20)13-21(15-11-12-15)14-7-3-2-4-8-14/h5-6,9-10,14-15H,2-4,7-8,11-13H2,1H3. The van der Waals surface area contributed by atoms with Gasteiger partial charge in [-0.15, -0.1) is 0 Å². The Labute approximate surface area is 127 Å². The van der Waals surface area contributed by atoms with E-state index in [1.807, 2.05) is 0 Å². The van der Waals surface area contributed by atoms with Crippen molar-refractivity contribution in [3.05, 3.63) is 30.1 Å². The number of para-hydroxylation sites is 2. The van der Waals surface area contributed by atoms with Crippen molar-refractivity contribution < 1.29 is 0 Å². The van der Waals surface area contributed by atoms with Gasteiger partial charge >= 0.3 is 0 Å². The molecule has 0 N–H and O–H groups in total. The van der Waals surface area contributed by atoms with Crippen molar-refractivity contribution in [2.45, 2.75) is 63.6 Å². The maximum absolute atomic E-state index is 4.88. The molecule has 4 rings (SSSR count). The first-order valence-corrected chi connectivity index (χ1v) is 8.49. The summed E-state index contributed by atoms with van der Waals surface area (Å²) in [6.45, 7) is 1.03. The van der Waals surface area contributed by atoms with Crippen LogP contribution in [0.3, 0.4) is 0 Å². The average molecular weight is 283 g/mol. The molecule has 0 unspecified atom stereocenters. The van der Waals surface area contributed by atoms with Crippen LogP contribution in [-0.2, 0) is 13.6 Å². The number of imidazole rings is 1. The molecule has 2 aromatic rings. The van der Waals surface area contributed by atoms with Crippen molar-refractivity contribution in [1.29, 1.82) is 0 Å². The molecular formula is C18H25N3. The highest BCUT2D eigenvalue weighted by Gasteiger charge is 2.35. The first-order chi connectivity index (χ1) is 10.3. The lowest BCUT2D eigenvalue weighted by atomic mass is 9.94. The minimum Gasteiger partial charge on any atom is -0.330 e. The van der Waals surface area contributed by atoms with E-state index in [4.69, 9.17) is 4.98 Å². The van der Waals surface area contributed by atoms with Crippen LogP contribution in [0.1, 0.15) is 50.8 Å². The molecule has 2 aliphatic rings. The van der Waals surface area contributed by atoms with Crippen molar-refractivity contribution in [3.63, 3.8) is 0 Å². The zero-order valence-electron chi connectivity index (χ0n) is 13.0. The summed E-state index contributed by atoms with van der Waals surface area (Å²) in [5.41, 5.74) is 2.39. The fraction of sp³-hybridized carbons (Fsp3) is 0.611. The zero-order valence-corrected chi connectivity index (χ0v) is 13.0. The van der Waals surface area contributed by atoms with Crippen molar-refractivity contribution in [3.8, 4) is 0 Å². The lowest BCUT2D eigenvalue weighted by Gasteiger charge is -2.34. The van der Waals surface area contributed by atoms with Gasteiger partial charge in [0.05, 0.1) is 17.6 Å². The molecule has 2 saturated carbocycles. The molecule has 0 radical (unpaired) electrons. The van der Waals surface area contributed by atoms with Gasteiger partial charge in [0.25, 0.3) is 0 Å². The molecule has 0 bridgehead atoms. The molecule has 2 fully saturated rings. The Morgan fingerprint density at radius 2 is 1.76 bits per heavy atom. The summed E-state index contributed by atoms with van der Waals surface area (Å²) >= 11 is 0. The maximum Gasteiger partial charge on any atom is 0.123 e. The van der Waals surface area contributed by atoms with Crippen molar-refractivity contribution in [1.82, 2.24) is 14.5 Å². The predicted octanol–water partition coefficient (Wildman–Crippen LogP) is 3.87. The molecule has 0 aliphatic heterocycles. The van der Waals surface area contributed by atoms with Crippen molar-refractivity contribution in [2.75, 3.05) is 0 Å². The fourth-order valence-electron chi connectivity index (χ4n) is 3.88. The second-order valence-electron chi connectivity index (χ2n) is 6.77. The molecule has 2 aliphatic carbocycles. The molecule has 0 spiro atoms. The molecule has 0 atom stereocenters. The number of hydrogen-bond acceptors (Lipinski definition) is 2. The van der Waals surface area contributed by atoms with Gasteiger partial charge in [0.15, 0.2) is 0 Å². The van der Waals surface area contributed by atoms with Crippen molar-refractivity contribution >= 4 is 11.0 Å². The topological polar surface area (TPSA) is 21.1 Å². The minimum absolute atomic E-state index is 0.797. The number of aryl methyl sites for hydroxylation is 1. The van der Waals surface area contributed by atoms with E-state index < -0.39 is 0 Å². The van der Waals surface area contributed by atoms with Crippen LogP contribution >= 0.6 is 0 Å². The third-order valence-corrected chi connectivity index (χ3v) is 5.26. The van der Waals surface area contributed by atoms with Gasteiger partial charge in [-0.1, -0.05) is 31.4 Å². The number of rotatable bonds is 4. The lowest BCUT2D eigenvalue weighted by molar-refractivity contribution is 0.134. The van der Waals surface area contributed by atoms with Gasteiger partial charge in [0.1, 0.15) is 5.82 Å². The largest absolute Gasteiger partial charge is 0.330 e. The van der Waals surface area contributed by atoms with E-state index in [0.717, 1.165) is 24.1 Å². The summed E-state index contributed by atoms with van der Waals surface area (Å²) in [5.74, 6) is 1.23. The normalized spacial score (nSPS) is 20.5. The van der Waals surface area contributed by atoms with Gasteiger partial charge < -0.3 is 4.57 Å². The first-order valence-electron chi connectivity index (χ1n) is 8.49. The summed E-state index contributed by atoms with van der Waals surface area (Å²) in [7, 11) is 2.16. The number of hydrogen-bond donors (Lipinski definition) is 0. The van der Waals surface area contributed by atoms with Gasteiger partial charge in [-0.05, 0) is 37.8 Å². The highest BCUT2D eigenvalue weighted by atomic mass is 15.2. The monoisotopic (exact) mass is 283 g/mol. The Kier molecular flexibility index (Phi) is 3.46. The van der Waals surface area contributed by atoms with E-state index in [1.165, 1.54) is 56.3 Å². The third kappa shape index (κ3) is 2.59. The third-order valence-electron chi connectivity index (χ3n) is 5.26. The summed E-state index contributed by atoms with van der Waals surface area (Å²) < 4.78 is 2.29. The molecule has 112 valence electrons. The van der Waals surface area contributed by atoms with Crippen LogP contribution in [0.4, 0.5) is 0 Å². The van der Waals surface area contributed by atoms with Crippen LogP contribution in [0.15, 0.2) is 24.3 Å². The van der Waals surface area contributed by atoms with Gasteiger partial charge in [0.2, 0.25) is 0 Å². The van der Waals surface area contributed by atoms with E-state index in [0.29, 0.717) is 0 Å². The molecule has 1 heterocycles.